The third-order valence-corrected chi connectivity index (χ3v) is 4.54. The lowest BCUT2D eigenvalue weighted by atomic mass is 10.2. The summed E-state index contributed by atoms with van der Waals surface area (Å²) in [7, 11) is -3.91. The Hall–Kier alpha value is -2.98. The first-order valence-electron chi connectivity index (χ1n) is 6.11. The van der Waals surface area contributed by atoms with E-state index in [9.17, 15) is 18.5 Å². The van der Waals surface area contributed by atoms with E-state index in [0.29, 0.717) is 5.56 Å². The molecule has 0 aliphatic heterocycles. The topological polar surface area (TPSA) is 101 Å². The van der Waals surface area contributed by atoms with Crippen LogP contribution >= 0.6 is 0 Å². The van der Waals surface area contributed by atoms with Crippen molar-refractivity contribution in [3.05, 3.63) is 75.2 Å². The standard InChI is InChI=1S/C15H10N2O4S/c16-11-15(22(20,21)14-4-2-1-3-5-14)10-12-6-8-13(9-7-12)17(18)19/h1-10H/b15-10-. The second-order valence-electron chi connectivity index (χ2n) is 4.29. The lowest BCUT2D eigenvalue weighted by Gasteiger charge is -2.02. The number of hydrogen-bond acceptors (Lipinski definition) is 5. The number of benzene rings is 2. The third-order valence-electron chi connectivity index (χ3n) is 2.85. The van der Waals surface area contributed by atoms with Crippen molar-refractivity contribution in [1.29, 1.82) is 5.26 Å². The maximum Gasteiger partial charge on any atom is 0.269 e. The SMILES string of the molecule is N#C/C(=C/c1ccc([N+](=O)[O-])cc1)S(=O)(=O)c1ccccc1. The number of rotatable bonds is 4. The average Bonchev–Trinajstić information content (AvgIpc) is 2.53. The van der Waals surface area contributed by atoms with E-state index in [0.717, 1.165) is 0 Å². The first-order chi connectivity index (χ1) is 10.4. The third kappa shape index (κ3) is 3.19. The van der Waals surface area contributed by atoms with Crippen LogP contribution in [-0.4, -0.2) is 13.3 Å². The summed E-state index contributed by atoms with van der Waals surface area (Å²) in [5.74, 6) is 0. The van der Waals surface area contributed by atoms with Crippen molar-refractivity contribution in [1.82, 2.24) is 0 Å². The van der Waals surface area contributed by atoms with Gasteiger partial charge < -0.3 is 0 Å². The first kappa shape index (κ1) is 15.4. The second kappa shape index (κ2) is 6.20. The number of allylic oxidation sites excluding steroid dienone is 1. The molecule has 0 heterocycles. The summed E-state index contributed by atoms with van der Waals surface area (Å²) >= 11 is 0. The summed E-state index contributed by atoms with van der Waals surface area (Å²) < 4.78 is 24.7. The number of nitriles is 1. The van der Waals surface area contributed by atoms with Crippen LogP contribution in [0.25, 0.3) is 6.08 Å². The van der Waals surface area contributed by atoms with Crippen molar-refractivity contribution in [3.63, 3.8) is 0 Å². The highest BCUT2D eigenvalue weighted by molar-refractivity contribution is 7.95. The van der Waals surface area contributed by atoms with E-state index in [-0.39, 0.29) is 10.6 Å². The molecular formula is C15H10N2O4S. The van der Waals surface area contributed by atoms with Crippen molar-refractivity contribution in [3.8, 4) is 6.07 Å². The van der Waals surface area contributed by atoms with Gasteiger partial charge in [0.2, 0.25) is 9.84 Å². The monoisotopic (exact) mass is 314 g/mol. The molecule has 110 valence electrons. The van der Waals surface area contributed by atoms with Crippen LogP contribution in [0.1, 0.15) is 5.56 Å². The van der Waals surface area contributed by atoms with Gasteiger partial charge in [-0.3, -0.25) is 10.1 Å². The van der Waals surface area contributed by atoms with E-state index in [1.807, 2.05) is 0 Å². The molecule has 0 bridgehead atoms. The number of sulfone groups is 1. The van der Waals surface area contributed by atoms with Crippen LogP contribution in [0.4, 0.5) is 5.69 Å². The summed E-state index contributed by atoms with van der Waals surface area (Å²) in [4.78, 5) is 9.62. The zero-order valence-corrected chi connectivity index (χ0v) is 12.0. The molecule has 2 rings (SSSR count). The molecule has 7 heteroatoms. The van der Waals surface area contributed by atoms with Gasteiger partial charge in [0.25, 0.3) is 5.69 Å². The van der Waals surface area contributed by atoms with Crippen LogP contribution in [-0.2, 0) is 9.84 Å². The van der Waals surface area contributed by atoms with Gasteiger partial charge in [-0.15, -0.1) is 0 Å². The maximum atomic E-state index is 12.3. The zero-order chi connectivity index (χ0) is 16.2. The molecule has 2 aromatic carbocycles. The molecule has 0 atom stereocenters. The summed E-state index contributed by atoms with van der Waals surface area (Å²) in [6.07, 6.45) is 1.19. The highest BCUT2D eigenvalue weighted by atomic mass is 32.2. The highest BCUT2D eigenvalue weighted by Crippen LogP contribution is 2.21. The van der Waals surface area contributed by atoms with Gasteiger partial charge in [0.15, 0.2) is 0 Å². The van der Waals surface area contributed by atoms with Crippen LogP contribution in [0.2, 0.25) is 0 Å². The van der Waals surface area contributed by atoms with Gasteiger partial charge in [0.1, 0.15) is 11.0 Å². The largest absolute Gasteiger partial charge is 0.269 e. The van der Waals surface area contributed by atoms with Crippen molar-refractivity contribution in [2.24, 2.45) is 0 Å². The number of hydrogen-bond donors (Lipinski definition) is 0. The molecule has 6 nitrogen and oxygen atoms in total. The average molecular weight is 314 g/mol. The molecule has 0 aromatic heterocycles. The Kier molecular flexibility index (Phi) is 4.34. The minimum absolute atomic E-state index is 0.0183. The molecule has 2 aromatic rings. The quantitative estimate of drug-likeness (QED) is 0.490. The summed E-state index contributed by atoms with van der Waals surface area (Å²) in [6, 6.07) is 14.5. The Morgan fingerprint density at radius 2 is 1.68 bits per heavy atom. The molecule has 22 heavy (non-hydrogen) atoms. The summed E-state index contributed by atoms with van der Waals surface area (Å²) in [6.45, 7) is 0. The van der Waals surface area contributed by atoms with E-state index in [1.54, 1.807) is 24.3 Å². The van der Waals surface area contributed by atoms with Gasteiger partial charge in [-0.25, -0.2) is 8.42 Å². The Morgan fingerprint density at radius 1 is 1.09 bits per heavy atom. The van der Waals surface area contributed by atoms with Gasteiger partial charge in [0.05, 0.1) is 9.82 Å². The van der Waals surface area contributed by atoms with Crippen molar-refractivity contribution >= 4 is 21.6 Å². The molecule has 0 spiro atoms. The highest BCUT2D eigenvalue weighted by Gasteiger charge is 2.20. The minimum Gasteiger partial charge on any atom is -0.258 e. The molecule has 0 fully saturated rings. The van der Waals surface area contributed by atoms with Gasteiger partial charge in [-0.05, 0) is 35.9 Å². The van der Waals surface area contributed by atoms with Gasteiger partial charge >= 0.3 is 0 Å². The molecule has 0 N–H and O–H groups in total. The fourth-order valence-corrected chi connectivity index (χ4v) is 2.92. The zero-order valence-electron chi connectivity index (χ0n) is 11.2. The predicted octanol–water partition coefficient (Wildman–Crippen LogP) is 2.93. The lowest BCUT2D eigenvalue weighted by Crippen LogP contribution is -2.03. The Balaban J connectivity index is 2.44. The smallest absolute Gasteiger partial charge is 0.258 e. The maximum absolute atomic E-state index is 12.3. The molecule has 0 aliphatic rings. The van der Waals surface area contributed by atoms with E-state index in [4.69, 9.17) is 5.26 Å². The second-order valence-corrected chi connectivity index (χ2v) is 6.20. The fraction of sp³-hybridized carbons (Fsp3) is 0. The van der Waals surface area contributed by atoms with Gasteiger partial charge in [-0.2, -0.15) is 5.26 Å². The Labute approximate surface area is 127 Å². The van der Waals surface area contributed by atoms with Crippen LogP contribution in [0, 0.1) is 21.4 Å². The van der Waals surface area contributed by atoms with Crippen LogP contribution in [0.3, 0.4) is 0 Å². The van der Waals surface area contributed by atoms with Crippen molar-refractivity contribution in [2.75, 3.05) is 0 Å². The minimum atomic E-state index is -3.91. The molecule has 0 radical (unpaired) electrons. The lowest BCUT2D eigenvalue weighted by molar-refractivity contribution is -0.384. The van der Waals surface area contributed by atoms with E-state index in [2.05, 4.69) is 0 Å². The van der Waals surface area contributed by atoms with Crippen LogP contribution < -0.4 is 0 Å². The van der Waals surface area contributed by atoms with E-state index in [1.165, 1.54) is 42.5 Å². The van der Waals surface area contributed by atoms with E-state index < -0.39 is 19.7 Å². The number of nitro groups is 1. The summed E-state index contributed by atoms with van der Waals surface area (Å²) in [5.41, 5.74) is 0.281. The van der Waals surface area contributed by atoms with Gasteiger partial charge in [0, 0.05) is 12.1 Å². The molecule has 0 amide bonds. The Morgan fingerprint density at radius 3 is 2.18 bits per heavy atom. The number of nitro benzene ring substituents is 1. The van der Waals surface area contributed by atoms with Crippen LogP contribution in [0.15, 0.2) is 64.4 Å². The van der Waals surface area contributed by atoms with Crippen molar-refractivity contribution < 1.29 is 13.3 Å². The number of nitrogens with zero attached hydrogens (tertiary/aromatic N) is 2. The van der Waals surface area contributed by atoms with Crippen molar-refractivity contribution in [2.45, 2.75) is 4.90 Å². The molecular weight excluding hydrogens is 304 g/mol. The summed E-state index contributed by atoms with van der Waals surface area (Å²) in [5, 5.41) is 19.7. The molecule has 0 saturated heterocycles. The first-order valence-corrected chi connectivity index (χ1v) is 7.60. The van der Waals surface area contributed by atoms with Gasteiger partial charge in [-0.1, -0.05) is 18.2 Å². The predicted molar refractivity (Wildman–Crippen MR) is 80.3 cm³/mol. The molecule has 0 aliphatic carbocycles. The fourth-order valence-electron chi connectivity index (χ4n) is 1.74. The number of non-ortho nitro benzene ring substituents is 1. The van der Waals surface area contributed by atoms with E-state index >= 15 is 0 Å². The van der Waals surface area contributed by atoms with Crippen LogP contribution in [0.5, 0.6) is 0 Å². The normalized spacial score (nSPS) is 11.7. The Bertz CT molecular complexity index is 864. The molecule has 0 saturated carbocycles. The molecule has 0 unspecified atom stereocenters.